The van der Waals surface area contributed by atoms with Crippen molar-refractivity contribution in [2.45, 2.75) is 38.8 Å². The summed E-state index contributed by atoms with van der Waals surface area (Å²) in [5.41, 5.74) is 3.73. The molecule has 4 heteroatoms. The number of para-hydroxylation sites is 1. The van der Waals surface area contributed by atoms with Gasteiger partial charge in [-0.2, -0.15) is 0 Å². The maximum Gasteiger partial charge on any atom is 0.220 e. The predicted octanol–water partition coefficient (Wildman–Crippen LogP) is 3.30. The molecule has 0 bridgehead atoms. The number of nitrogens with zero attached hydrogens (tertiary/aromatic N) is 2. The number of amides is 1. The van der Waals surface area contributed by atoms with Crippen LogP contribution < -0.4 is 0 Å². The maximum atomic E-state index is 12.0. The Morgan fingerprint density at radius 2 is 2.09 bits per heavy atom. The van der Waals surface area contributed by atoms with Gasteiger partial charge in [0.15, 0.2) is 0 Å². The highest BCUT2D eigenvalue weighted by atomic mass is 16.2. The number of likely N-dealkylation sites (tertiary alicyclic amines) is 1. The van der Waals surface area contributed by atoms with Gasteiger partial charge in [-0.05, 0) is 45.0 Å². The molecule has 118 valence electrons. The van der Waals surface area contributed by atoms with Crippen molar-refractivity contribution in [3.63, 3.8) is 0 Å². The smallest absolute Gasteiger partial charge is 0.220 e. The Kier molecular flexibility index (Phi) is 4.21. The van der Waals surface area contributed by atoms with Crippen molar-refractivity contribution in [1.82, 2.24) is 14.8 Å². The highest BCUT2D eigenvalue weighted by Gasteiger charge is 2.29. The van der Waals surface area contributed by atoms with Gasteiger partial charge in [0.05, 0.1) is 6.04 Å². The van der Waals surface area contributed by atoms with E-state index in [0.717, 1.165) is 25.9 Å². The molecule has 1 aliphatic rings. The van der Waals surface area contributed by atoms with E-state index >= 15 is 0 Å². The highest BCUT2D eigenvalue weighted by molar-refractivity contribution is 5.85. The number of carbonyl (C=O) groups is 1. The first-order chi connectivity index (χ1) is 10.6. The minimum atomic E-state index is 0.180. The third-order valence-electron chi connectivity index (χ3n) is 4.56. The topological polar surface area (TPSA) is 39.3 Å². The second-order valence-corrected chi connectivity index (χ2v) is 6.52. The third-order valence-corrected chi connectivity index (χ3v) is 4.56. The van der Waals surface area contributed by atoms with E-state index < -0.39 is 0 Å². The fourth-order valence-corrected chi connectivity index (χ4v) is 3.60. The van der Waals surface area contributed by atoms with E-state index in [-0.39, 0.29) is 11.9 Å². The van der Waals surface area contributed by atoms with Crippen LogP contribution in [0.4, 0.5) is 0 Å². The van der Waals surface area contributed by atoms with Gasteiger partial charge in [-0.1, -0.05) is 18.2 Å². The lowest BCUT2D eigenvalue weighted by molar-refractivity contribution is -0.132. The van der Waals surface area contributed by atoms with E-state index in [9.17, 15) is 4.79 Å². The lowest BCUT2D eigenvalue weighted by atomic mass is 9.96. The fourth-order valence-electron chi connectivity index (χ4n) is 3.60. The average molecular weight is 299 g/mol. The lowest BCUT2D eigenvalue weighted by Crippen LogP contribution is -2.37. The Bertz CT molecular complexity index is 674. The highest BCUT2D eigenvalue weighted by Crippen LogP contribution is 2.36. The molecule has 22 heavy (non-hydrogen) atoms. The molecule has 1 aliphatic heterocycles. The van der Waals surface area contributed by atoms with Gasteiger partial charge in [-0.15, -0.1) is 0 Å². The number of piperidine rings is 1. The number of carbonyl (C=O) groups excluding carboxylic acids is 1. The number of hydrogen-bond acceptors (Lipinski definition) is 2. The molecule has 0 aliphatic carbocycles. The van der Waals surface area contributed by atoms with Crippen LogP contribution in [0.5, 0.6) is 0 Å². The zero-order valence-electron chi connectivity index (χ0n) is 13.7. The van der Waals surface area contributed by atoms with Gasteiger partial charge in [0.1, 0.15) is 0 Å². The van der Waals surface area contributed by atoms with Gasteiger partial charge in [0.2, 0.25) is 5.91 Å². The van der Waals surface area contributed by atoms with E-state index in [2.05, 4.69) is 48.2 Å². The van der Waals surface area contributed by atoms with Gasteiger partial charge >= 0.3 is 0 Å². The van der Waals surface area contributed by atoms with E-state index in [4.69, 9.17) is 0 Å². The number of H-pyrrole nitrogens is 1. The molecule has 1 amide bonds. The van der Waals surface area contributed by atoms with Crippen LogP contribution in [0.1, 0.15) is 43.5 Å². The Balaban J connectivity index is 2.09. The summed E-state index contributed by atoms with van der Waals surface area (Å²) in [6, 6.07) is 8.64. The SMILES string of the molecule is CC(=O)N1CCCCC1c1[nH]c2ccccc2c1CN(C)C. The lowest BCUT2D eigenvalue weighted by Gasteiger charge is -2.35. The summed E-state index contributed by atoms with van der Waals surface area (Å²) in [5, 5.41) is 1.28. The Morgan fingerprint density at radius 3 is 2.82 bits per heavy atom. The van der Waals surface area contributed by atoms with Gasteiger partial charge in [0, 0.05) is 36.6 Å². The van der Waals surface area contributed by atoms with E-state index in [1.165, 1.54) is 28.6 Å². The van der Waals surface area contributed by atoms with Crippen molar-refractivity contribution < 1.29 is 4.79 Å². The molecule has 1 unspecified atom stereocenters. The van der Waals surface area contributed by atoms with Gasteiger partial charge in [-0.25, -0.2) is 0 Å². The van der Waals surface area contributed by atoms with Gasteiger partial charge < -0.3 is 14.8 Å². The molecule has 3 rings (SSSR count). The van der Waals surface area contributed by atoms with Crippen LogP contribution in [0.25, 0.3) is 10.9 Å². The molecule has 2 aromatic rings. The van der Waals surface area contributed by atoms with Gasteiger partial charge in [0.25, 0.3) is 0 Å². The first kappa shape index (κ1) is 15.1. The van der Waals surface area contributed by atoms with E-state index in [1.807, 2.05) is 4.90 Å². The molecule has 1 aromatic heterocycles. The number of fused-ring (bicyclic) bond motifs is 1. The number of nitrogens with one attached hydrogen (secondary N) is 1. The number of aromatic amines is 1. The summed E-state index contributed by atoms with van der Waals surface area (Å²) < 4.78 is 0. The molecule has 0 spiro atoms. The molecule has 0 radical (unpaired) electrons. The molecule has 1 saturated heterocycles. The van der Waals surface area contributed by atoms with Gasteiger partial charge in [-0.3, -0.25) is 4.79 Å². The fraction of sp³-hybridized carbons (Fsp3) is 0.500. The van der Waals surface area contributed by atoms with Crippen molar-refractivity contribution >= 4 is 16.8 Å². The zero-order chi connectivity index (χ0) is 15.7. The van der Waals surface area contributed by atoms with Crippen molar-refractivity contribution in [3.8, 4) is 0 Å². The first-order valence-corrected chi connectivity index (χ1v) is 8.09. The second-order valence-electron chi connectivity index (χ2n) is 6.52. The minimum Gasteiger partial charge on any atom is -0.356 e. The molecular weight excluding hydrogens is 274 g/mol. The normalized spacial score (nSPS) is 19.1. The number of hydrogen-bond donors (Lipinski definition) is 1. The van der Waals surface area contributed by atoms with Crippen molar-refractivity contribution in [2.24, 2.45) is 0 Å². The Labute approximate surface area is 132 Å². The first-order valence-electron chi connectivity index (χ1n) is 8.09. The Hall–Kier alpha value is -1.81. The van der Waals surface area contributed by atoms with Crippen LogP contribution in [0.2, 0.25) is 0 Å². The molecule has 0 saturated carbocycles. The molecule has 1 N–H and O–H groups in total. The van der Waals surface area contributed by atoms with Crippen LogP contribution in [0.3, 0.4) is 0 Å². The van der Waals surface area contributed by atoms with Crippen molar-refractivity contribution in [1.29, 1.82) is 0 Å². The maximum absolute atomic E-state index is 12.0. The summed E-state index contributed by atoms with van der Waals surface area (Å²) in [4.78, 5) is 19.9. The third kappa shape index (κ3) is 2.75. The van der Waals surface area contributed by atoms with Crippen molar-refractivity contribution in [3.05, 3.63) is 35.5 Å². The molecule has 2 heterocycles. The molecule has 1 atom stereocenters. The van der Waals surface area contributed by atoms with Crippen molar-refractivity contribution in [2.75, 3.05) is 20.6 Å². The zero-order valence-corrected chi connectivity index (χ0v) is 13.7. The van der Waals surface area contributed by atoms with Crippen LogP contribution in [0.15, 0.2) is 24.3 Å². The monoisotopic (exact) mass is 299 g/mol. The van der Waals surface area contributed by atoms with Crippen LogP contribution in [-0.2, 0) is 11.3 Å². The molecular formula is C18H25N3O. The summed E-state index contributed by atoms with van der Waals surface area (Å²) in [6.45, 7) is 3.45. The summed E-state index contributed by atoms with van der Waals surface area (Å²) in [6.07, 6.45) is 3.34. The second kappa shape index (κ2) is 6.13. The predicted molar refractivity (Wildman–Crippen MR) is 89.7 cm³/mol. The molecule has 1 fully saturated rings. The minimum absolute atomic E-state index is 0.180. The number of rotatable bonds is 3. The quantitative estimate of drug-likeness (QED) is 0.944. The summed E-state index contributed by atoms with van der Waals surface area (Å²) in [7, 11) is 4.18. The summed E-state index contributed by atoms with van der Waals surface area (Å²) >= 11 is 0. The molecule has 4 nitrogen and oxygen atoms in total. The van der Waals surface area contributed by atoms with E-state index in [0.29, 0.717) is 0 Å². The van der Waals surface area contributed by atoms with E-state index in [1.54, 1.807) is 6.92 Å². The molecule has 1 aromatic carbocycles. The van der Waals surface area contributed by atoms with Crippen LogP contribution in [0, 0.1) is 0 Å². The number of benzene rings is 1. The van der Waals surface area contributed by atoms with Crippen LogP contribution >= 0.6 is 0 Å². The van der Waals surface area contributed by atoms with Crippen LogP contribution in [-0.4, -0.2) is 41.3 Å². The average Bonchev–Trinajstić information content (AvgIpc) is 2.85. The largest absolute Gasteiger partial charge is 0.356 e. The standard InChI is InChI=1S/C18H25N3O/c1-13(22)21-11-7-6-10-17(21)18-15(12-20(2)3)14-8-4-5-9-16(14)19-18/h4-5,8-9,17,19H,6-7,10-12H2,1-3H3. The Morgan fingerprint density at radius 1 is 1.32 bits per heavy atom. The summed E-state index contributed by atoms with van der Waals surface area (Å²) in [5.74, 6) is 0.180. The number of aromatic nitrogens is 1.